The molecule has 3 aromatic rings. The number of nitrogens with zero attached hydrogens (tertiary/aromatic N) is 1. The Morgan fingerprint density at radius 2 is 1.73 bits per heavy atom. The van der Waals surface area contributed by atoms with Crippen LogP contribution in [0.2, 0.25) is 0 Å². The Bertz CT molecular complexity index is 908. The summed E-state index contributed by atoms with van der Waals surface area (Å²) in [7, 11) is 1.67. The minimum Gasteiger partial charge on any atom is -0.497 e. The zero-order valence-corrected chi connectivity index (χ0v) is 15.0. The summed E-state index contributed by atoms with van der Waals surface area (Å²) >= 11 is 0. The van der Waals surface area contributed by atoms with Crippen molar-refractivity contribution in [3.8, 4) is 5.75 Å². The number of carbonyl (C=O) groups is 1. The number of amides is 1. The van der Waals surface area contributed by atoms with E-state index in [2.05, 4.69) is 24.3 Å². The molecule has 0 unspecified atom stereocenters. The molecule has 1 aliphatic rings. The standard InChI is InChI=1S/C23H23NO2/c1-26-21-13-9-17(10-14-21)16-24(20-11-12-20)23(25)15-19-7-4-6-18-5-2-3-8-22(18)19/h2-10,13-14,20H,11-12,15-16H2,1H3. The minimum absolute atomic E-state index is 0.208. The van der Waals surface area contributed by atoms with E-state index in [0.29, 0.717) is 19.0 Å². The van der Waals surface area contributed by atoms with E-state index in [0.717, 1.165) is 29.7 Å². The van der Waals surface area contributed by atoms with Gasteiger partial charge in [0.05, 0.1) is 13.5 Å². The van der Waals surface area contributed by atoms with Crippen LogP contribution in [-0.4, -0.2) is 24.0 Å². The average molecular weight is 345 g/mol. The van der Waals surface area contributed by atoms with Gasteiger partial charge in [-0.2, -0.15) is 0 Å². The lowest BCUT2D eigenvalue weighted by atomic mass is 10.0. The van der Waals surface area contributed by atoms with Crippen LogP contribution < -0.4 is 4.74 Å². The molecule has 0 heterocycles. The molecule has 1 aliphatic carbocycles. The van der Waals surface area contributed by atoms with Gasteiger partial charge < -0.3 is 9.64 Å². The van der Waals surface area contributed by atoms with Gasteiger partial charge in [0, 0.05) is 12.6 Å². The summed E-state index contributed by atoms with van der Waals surface area (Å²) in [5.74, 6) is 1.05. The van der Waals surface area contributed by atoms with Crippen molar-refractivity contribution in [3.63, 3.8) is 0 Å². The molecular formula is C23H23NO2. The first-order valence-electron chi connectivity index (χ1n) is 9.13. The third-order valence-corrected chi connectivity index (χ3v) is 5.04. The summed E-state index contributed by atoms with van der Waals surface area (Å²) < 4.78 is 5.22. The first-order valence-corrected chi connectivity index (χ1v) is 9.13. The van der Waals surface area contributed by atoms with E-state index >= 15 is 0 Å². The molecular weight excluding hydrogens is 322 g/mol. The first-order chi connectivity index (χ1) is 12.7. The second-order valence-electron chi connectivity index (χ2n) is 6.92. The number of benzene rings is 3. The predicted molar refractivity (Wildman–Crippen MR) is 104 cm³/mol. The second kappa shape index (κ2) is 7.20. The highest BCUT2D eigenvalue weighted by Crippen LogP contribution is 2.30. The summed E-state index contributed by atoms with van der Waals surface area (Å²) in [5, 5.41) is 2.36. The molecule has 3 heteroatoms. The zero-order valence-electron chi connectivity index (χ0n) is 15.0. The van der Waals surface area contributed by atoms with Crippen molar-refractivity contribution in [2.75, 3.05) is 7.11 Å². The van der Waals surface area contributed by atoms with E-state index in [9.17, 15) is 4.79 Å². The third-order valence-electron chi connectivity index (χ3n) is 5.04. The molecule has 26 heavy (non-hydrogen) atoms. The molecule has 0 radical (unpaired) electrons. The maximum Gasteiger partial charge on any atom is 0.227 e. The number of methoxy groups -OCH3 is 1. The molecule has 132 valence electrons. The van der Waals surface area contributed by atoms with Crippen LogP contribution in [0, 0.1) is 0 Å². The lowest BCUT2D eigenvalue weighted by Crippen LogP contribution is -2.33. The minimum atomic E-state index is 0.208. The van der Waals surface area contributed by atoms with Crippen LogP contribution in [0.1, 0.15) is 24.0 Å². The van der Waals surface area contributed by atoms with Gasteiger partial charge >= 0.3 is 0 Å². The largest absolute Gasteiger partial charge is 0.497 e. The SMILES string of the molecule is COc1ccc(CN(C(=O)Cc2cccc3ccccc23)C2CC2)cc1. The van der Waals surface area contributed by atoms with Crippen molar-refractivity contribution < 1.29 is 9.53 Å². The molecule has 0 aromatic heterocycles. The Morgan fingerprint density at radius 3 is 2.46 bits per heavy atom. The van der Waals surface area contributed by atoms with E-state index in [1.54, 1.807) is 7.11 Å². The second-order valence-corrected chi connectivity index (χ2v) is 6.92. The summed E-state index contributed by atoms with van der Waals surface area (Å²) in [6.45, 7) is 0.665. The van der Waals surface area contributed by atoms with Crippen LogP contribution in [0.25, 0.3) is 10.8 Å². The fourth-order valence-corrected chi connectivity index (χ4v) is 3.45. The van der Waals surface area contributed by atoms with Crippen LogP contribution in [0.15, 0.2) is 66.7 Å². The van der Waals surface area contributed by atoms with Crippen LogP contribution in [0.4, 0.5) is 0 Å². The van der Waals surface area contributed by atoms with Crippen molar-refractivity contribution in [2.24, 2.45) is 0 Å². The molecule has 0 N–H and O–H groups in total. The smallest absolute Gasteiger partial charge is 0.227 e. The highest BCUT2D eigenvalue weighted by Gasteiger charge is 2.32. The molecule has 0 bridgehead atoms. The van der Waals surface area contributed by atoms with E-state index in [1.165, 1.54) is 10.8 Å². The normalized spacial score (nSPS) is 13.6. The molecule has 3 nitrogen and oxygen atoms in total. The lowest BCUT2D eigenvalue weighted by molar-refractivity contribution is -0.131. The van der Waals surface area contributed by atoms with Crippen molar-refractivity contribution in [1.29, 1.82) is 0 Å². The topological polar surface area (TPSA) is 29.5 Å². The van der Waals surface area contributed by atoms with Crippen molar-refractivity contribution in [3.05, 3.63) is 77.9 Å². The Kier molecular flexibility index (Phi) is 4.61. The molecule has 0 spiro atoms. The van der Waals surface area contributed by atoms with Gasteiger partial charge in [-0.1, -0.05) is 54.6 Å². The molecule has 0 aliphatic heterocycles. The Morgan fingerprint density at radius 1 is 1.00 bits per heavy atom. The fourth-order valence-electron chi connectivity index (χ4n) is 3.45. The van der Waals surface area contributed by atoms with Crippen molar-refractivity contribution in [2.45, 2.75) is 31.8 Å². The van der Waals surface area contributed by atoms with Crippen LogP contribution >= 0.6 is 0 Å². The summed E-state index contributed by atoms with van der Waals surface area (Å²) in [5.41, 5.74) is 2.25. The predicted octanol–water partition coefficient (Wildman–Crippen LogP) is 4.58. The van der Waals surface area contributed by atoms with Gasteiger partial charge in [0.25, 0.3) is 0 Å². The molecule has 1 fully saturated rings. The van der Waals surface area contributed by atoms with E-state index in [-0.39, 0.29) is 5.91 Å². The first kappa shape index (κ1) is 16.6. The van der Waals surface area contributed by atoms with Crippen LogP contribution in [0.3, 0.4) is 0 Å². The van der Waals surface area contributed by atoms with Gasteiger partial charge in [0.1, 0.15) is 5.75 Å². The number of hydrogen-bond donors (Lipinski definition) is 0. The van der Waals surface area contributed by atoms with Crippen LogP contribution in [0.5, 0.6) is 5.75 Å². The van der Waals surface area contributed by atoms with Gasteiger partial charge in [-0.05, 0) is 46.9 Å². The molecule has 0 saturated heterocycles. The number of ether oxygens (including phenoxy) is 1. The highest BCUT2D eigenvalue weighted by atomic mass is 16.5. The number of carbonyl (C=O) groups excluding carboxylic acids is 1. The fraction of sp³-hybridized carbons (Fsp3) is 0.261. The van der Waals surface area contributed by atoms with Gasteiger partial charge in [-0.25, -0.2) is 0 Å². The summed E-state index contributed by atoms with van der Waals surface area (Å²) in [6.07, 6.45) is 2.67. The molecule has 1 amide bonds. The monoisotopic (exact) mass is 345 g/mol. The van der Waals surface area contributed by atoms with Gasteiger partial charge in [-0.15, -0.1) is 0 Å². The zero-order chi connectivity index (χ0) is 17.9. The van der Waals surface area contributed by atoms with E-state index in [4.69, 9.17) is 4.74 Å². The lowest BCUT2D eigenvalue weighted by Gasteiger charge is -2.23. The van der Waals surface area contributed by atoms with Crippen molar-refractivity contribution >= 4 is 16.7 Å². The molecule has 1 saturated carbocycles. The molecule has 0 atom stereocenters. The Balaban J connectivity index is 1.53. The quantitative estimate of drug-likeness (QED) is 0.654. The number of rotatable bonds is 6. The molecule has 3 aromatic carbocycles. The van der Waals surface area contributed by atoms with Gasteiger partial charge in [0.15, 0.2) is 0 Å². The van der Waals surface area contributed by atoms with E-state index < -0.39 is 0 Å². The van der Waals surface area contributed by atoms with Crippen molar-refractivity contribution in [1.82, 2.24) is 4.90 Å². The molecule has 4 rings (SSSR count). The summed E-state index contributed by atoms with van der Waals surface area (Å²) in [6, 6.07) is 22.8. The Hall–Kier alpha value is -2.81. The maximum absolute atomic E-state index is 13.1. The number of fused-ring (bicyclic) bond motifs is 1. The summed E-state index contributed by atoms with van der Waals surface area (Å²) in [4.78, 5) is 15.1. The van der Waals surface area contributed by atoms with E-state index in [1.807, 2.05) is 47.4 Å². The Labute approximate surface area is 154 Å². The average Bonchev–Trinajstić information content (AvgIpc) is 3.52. The highest BCUT2D eigenvalue weighted by molar-refractivity contribution is 5.90. The number of hydrogen-bond acceptors (Lipinski definition) is 2. The maximum atomic E-state index is 13.1. The van der Waals surface area contributed by atoms with Gasteiger partial charge in [-0.3, -0.25) is 4.79 Å². The van der Waals surface area contributed by atoms with Crippen LogP contribution in [-0.2, 0) is 17.8 Å². The van der Waals surface area contributed by atoms with Gasteiger partial charge in [0.2, 0.25) is 5.91 Å². The third kappa shape index (κ3) is 3.57.